The maximum Gasteiger partial charge on any atom is 0.323 e. The number of urea groups is 1. The van der Waals surface area contributed by atoms with Gasteiger partial charge in [0.1, 0.15) is 12.1 Å². The minimum Gasteiger partial charge on any atom is -0.480 e. The molecule has 1 fully saturated rings. The Labute approximate surface area is 138 Å². The molecule has 1 heterocycles. The van der Waals surface area contributed by atoms with Crippen molar-refractivity contribution in [1.82, 2.24) is 15.5 Å². The molecule has 0 radical (unpaired) electrons. The Hall–Kier alpha value is -2.90. The number of benzene rings is 1. The third-order valence-corrected chi connectivity index (χ3v) is 3.92. The first-order valence-electron chi connectivity index (χ1n) is 7.42. The molecule has 0 aromatic heterocycles. The van der Waals surface area contributed by atoms with Crippen molar-refractivity contribution in [2.24, 2.45) is 0 Å². The molecule has 1 atom stereocenters. The Balaban J connectivity index is 2.36. The van der Waals surface area contributed by atoms with Crippen LogP contribution in [0.15, 0.2) is 24.3 Å². The summed E-state index contributed by atoms with van der Waals surface area (Å²) in [6, 6.07) is 5.34. The molecule has 1 aromatic rings. The lowest BCUT2D eigenvalue weighted by Crippen LogP contribution is -2.42. The van der Waals surface area contributed by atoms with Gasteiger partial charge in [-0.05, 0) is 38.5 Å². The monoisotopic (exact) mass is 333 g/mol. The van der Waals surface area contributed by atoms with Crippen LogP contribution in [-0.4, -0.2) is 46.4 Å². The van der Waals surface area contributed by atoms with Crippen molar-refractivity contribution < 1.29 is 24.3 Å². The minimum atomic E-state index is -1.27. The summed E-state index contributed by atoms with van der Waals surface area (Å²) in [5.41, 5.74) is -0.587. The second-order valence-corrected chi connectivity index (χ2v) is 6.03. The van der Waals surface area contributed by atoms with E-state index in [9.17, 15) is 19.2 Å². The summed E-state index contributed by atoms with van der Waals surface area (Å²) in [4.78, 5) is 48.2. The summed E-state index contributed by atoms with van der Waals surface area (Å²) in [5.74, 6) is -2.08. The number of rotatable bonds is 5. The molecule has 4 amide bonds. The van der Waals surface area contributed by atoms with Crippen LogP contribution in [-0.2, 0) is 15.1 Å². The first-order valence-corrected chi connectivity index (χ1v) is 7.42. The van der Waals surface area contributed by atoms with Crippen molar-refractivity contribution in [2.45, 2.75) is 32.4 Å². The van der Waals surface area contributed by atoms with Crippen molar-refractivity contribution in [2.75, 3.05) is 6.54 Å². The van der Waals surface area contributed by atoms with E-state index in [0.29, 0.717) is 5.56 Å². The van der Waals surface area contributed by atoms with Crippen LogP contribution in [0.5, 0.6) is 0 Å². The number of hydrogen-bond acceptors (Lipinski definition) is 4. The highest BCUT2D eigenvalue weighted by atomic mass is 16.4. The SMILES string of the molecule is CC(C)N(CC(=O)O)C(=O)c1cccc(C2(C)NC(=O)NC2=O)c1. The summed E-state index contributed by atoms with van der Waals surface area (Å²) >= 11 is 0. The van der Waals surface area contributed by atoms with Gasteiger partial charge in [0, 0.05) is 11.6 Å². The van der Waals surface area contributed by atoms with Gasteiger partial charge in [-0.15, -0.1) is 0 Å². The molecule has 1 aromatic carbocycles. The van der Waals surface area contributed by atoms with E-state index in [-0.39, 0.29) is 11.6 Å². The average molecular weight is 333 g/mol. The second-order valence-electron chi connectivity index (χ2n) is 6.03. The average Bonchev–Trinajstić information content (AvgIpc) is 2.77. The Morgan fingerprint density at radius 3 is 2.46 bits per heavy atom. The van der Waals surface area contributed by atoms with Gasteiger partial charge in [0.2, 0.25) is 0 Å². The van der Waals surface area contributed by atoms with Crippen LogP contribution in [0, 0.1) is 0 Å². The molecule has 8 heteroatoms. The number of imide groups is 1. The van der Waals surface area contributed by atoms with E-state index in [1.807, 2.05) is 0 Å². The van der Waals surface area contributed by atoms with E-state index in [4.69, 9.17) is 5.11 Å². The Kier molecular flexibility index (Phi) is 4.59. The number of amides is 4. The van der Waals surface area contributed by atoms with Gasteiger partial charge in [0.15, 0.2) is 0 Å². The van der Waals surface area contributed by atoms with E-state index in [1.165, 1.54) is 17.9 Å². The Morgan fingerprint density at radius 2 is 1.96 bits per heavy atom. The molecular weight excluding hydrogens is 314 g/mol. The highest BCUT2D eigenvalue weighted by Crippen LogP contribution is 2.25. The highest BCUT2D eigenvalue weighted by Gasteiger charge is 2.43. The highest BCUT2D eigenvalue weighted by molar-refractivity contribution is 6.07. The predicted molar refractivity (Wildman–Crippen MR) is 84.3 cm³/mol. The predicted octanol–water partition coefficient (Wildman–Crippen LogP) is 0.676. The quantitative estimate of drug-likeness (QED) is 0.685. The topological polar surface area (TPSA) is 116 Å². The van der Waals surface area contributed by atoms with Crippen LogP contribution in [0.25, 0.3) is 0 Å². The molecule has 8 nitrogen and oxygen atoms in total. The van der Waals surface area contributed by atoms with Crippen LogP contribution < -0.4 is 10.6 Å². The van der Waals surface area contributed by atoms with Crippen molar-refractivity contribution in [3.63, 3.8) is 0 Å². The lowest BCUT2D eigenvalue weighted by molar-refractivity contribution is -0.138. The van der Waals surface area contributed by atoms with E-state index in [0.717, 1.165) is 0 Å². The number of aliphatic carboxylic acids is 1. The van der Waals surface area contributed by atoms with Gasteiger partial charge in [0.25, 0.3) is 11.8 Å². The lowest BCUT2D eigenvalue weighted by Gasteiger charge is -2.26. The van der Waals surface area contributed by atoms with Gasteiger partial charge in [-0.2, -0.15) is 0 Å². The van der Waals surface area contributed by atoms with Gasteiger partial charge in [-0.3, -0.25) is 19.7 Å². The molecule has 0 spiro atoms. The first-order chi connectivity index (χ1) is 11.1. The normalized spacial score (nSPS) is 19.8. The third kappa shape index (κ3) is 3.22. The fourth-order valence-electron chi connectivity index (χ4n) is 2.51. The van der Waals surface area contributed by atoms with Crippen molar-refractivity contribution in [1.29, 1.82) is 0 Å². The number of carbonyl (C=O) groups excluding carboxylic acids is 3. The lowest BCUT2D eigenvalue weighted by atomic mass is 9.91. The van der Waals surface area contributed by atoms with E-state index >= 15 is 0 Å². The number of nitrogens with zero attached hydrogens (tertiary/aromatic N) is 1. The summed E-state index contributed by atoms with van der Waals surface area (Å²) in [7, 11) is 0. The number of hydrogen-bond donors (Lipinski definition) is 3. The van der Waals surface area contributed by atoms with Crippen LogP contribution in [0.4, 0.5) is 4.79 Å². The van der Waals surface area contributed by atoms with E-state index in [1.54, 1.807) is 32.0 Å². The fourth-order valence-corrected chi connectivity index (χ4v) is 2.51. The smallest absolute Gasteiger partial charge is 0.323 e. The van der Waals surface area contributed by atoms with Gasteiger partial charge < -0.3 is 15.3 Å². The molecule has 3 N–H and O–H groups in total. The van der Waals surface area contributed by atoms with Crippen LogP contribution in [0.3, 0.4) is 0 Å². The molecule has 0 saturated carbocycles. The molecule has 1 unspecified atom stereocenters. The Bertz CT molecular complexity index is 715. The Morgan fingerprint density at radius 1 is 1.29 bits per heavy atom. The van der Waals surface area contributed by atoms with Gasteiger partial charge in [-0.1, -0.05) is 12.1 Å². The number of carbonyl (C=O) groups is 4. The third-order valence-electron chi connectivity index (χ3n) is 3.92. The van der Waals surface area contributed by atoms with Crippen LogP contribution >= 0.6 is 0 Å². The van der Waals surface area contributed by atoms with E-state index in [2.05, 4.69) is 10.6 Å². The molecule has 0 aliphatic carbocycles. The molecule has 1 saturated heterocycles. The standard InChI is InChI=1S/C16H19N3O5/c1-9(2)19(8-12(20)21)13(22)10-5-4-6-11(7-10)16(3)14(23)17-15(24)18-16/h4-7,9H,8H2,1-3H3,(H,20,21)(H2,17,18,23,24). The van der Waals surface area contributed by atoms with E-state index < -0.39 is 35.9 Å². The molecule has 128 valence electrons. The molecule has 1 aliphatic heterocycles. The number of carboxylic acid groups (broad SMARTS) is 1. The summed E-state index contributed by atoms with van der Waals surface area (Å²) in [6.07, 6.45) is 0. The molecular formula is C16H19N3O5. The summed E-state index contributed by atoms with van der Waals surface area (Å²) in [6.45, 7) is 4.55. The zero-order chi connectivity index (χ0) is 18.1. The summed E-state index contributed by atoms with van der Waals surface area (Å²) in [5, 5.41) is 13.7. The van der Waals surface area contributed by atoms with Gasteiger partial charge in [0.05, 0.1) is 0 Å². The maximum atomic E-state index is 12.6. The first kappa shape index (κ1) is 17.5. The van der Waals surface area contributed by atoms with Crippen molar-refractivity contribution in [3.8, 4) is 0 Å². The van der Waals surface area contributed by atoms with Crippen LogP contribution in [0.1, 0.15) is 36.7 Å². The molecule has 0 bridgehead atoms. The maximum absolute atomic E-state index is 12.6. The largest absolute Gasteiger partial charge is 0.480 e. The van der Waals surface area contributed by atoms with Crippen LogP contribution in [0.2, 0.25) is 0 Å². The molecule has 2 rings (SSSR count). The fraction of sp³-hybridized carbons (Fsp3) is 0.375. The minimum absolute atomic E-state index is 0.248. The van der Waals surface area contributed by atoms with Crippen molar-refractivity contribution in [3.05, 3.63) is 35.4 Å². The molecule has 1 aliphatic rings. The number of carboxylic acids is 1. The van der Waals surface area contributed by atoms with Crippen molar-refractivity contribution >= 4 is 23.8 Å². The van der Waals surface area contributed by atoms with Gasteiger partial charge >= 0.3 is 12.0 Å². The summed E-state index contributed by atoms with van der Waals surface area (Å²) < 4.78 is 0. The zero-order valence-corrected chi connectivity index (χ0v) is 13.6. The zero-order valence-electron chi connectivity index (χ0n) is 13.6. The molecule has 24 heavy (non-hydrogen) atoms. The number of nitrogens with one attached hydrogen (secondary N) is 2. The second kappa shape index (κ2) is 6.31. The van der Waals surface area contributed by atoms with Gasteiger partial charge in [-0.25, -0.2) is 4.79 Å².